The third-order valence-corrected chi connectivity index (χ3v) is 4.02. The van der Waals surface area contributed by atoms with Crippen molar-refractivity contribution in [2.24, 2.45) is 0 Å². The van der Waals surface area contributed by atoms with Crippen molar-refractivity contribution in [2.45, 2.75) is 20.3 Å². The third kappa shape index (κ3) is 3.28. The van der Waals surface area contributed by atoms with Gasteiger partial charge in [0.15, 0.2) is 0 Å². The van der Waals surface area contributed by atoms with E-state index in [4.69, 9.17) is 0 Å². The first-order chi connectivity index (χ1) is 11.9. The first-order valence-corrected chi connectivity index (χ1v) is 7.89. The Morgan fingerprint density at radius 3 is 2.40 bits per heavy atom. The SMILES string of the molecule is Cc1cc(C)cc(NC(=O)CCN2C(=O)c3cccc(F)c3C2=O)c1. The molecule has 0 radical (unpaired) electrons. The summed E-state index contributed by atoms with van der Waals surface area (Å²) in [6.07, 6.45) is -0.0555. The number of anilines is 1. The molecule has 0 bridgehead atoms. The Hall–Kier alpha value is -3.02. The third-order valence-electron chi connectivity index (χ3n) is 4.02. The van der Waals surface area contributed by atoms with E-state index in [1.165, 1.54) is 12.1 Å². The predicted molar refractivity (Wildman–Crippen MR) is 90.9 cm³/mol. The van der Waals surface area contributed by atoms with Gasteiger partial charge in [-0.3, -0.25) is 19.3 Å². The first kappa shape index (κ1) is 16.8. The van der Waals surface area contributed by atoms with Crippen molar-refractivity contribution in [2.75, 3.05) is 11.9 Å². The fourth-order valence-electron chi connectivity index (χ4n) is 2.98. The summed E-state index contributed by atoms with van der Waals surface area (Å²) in [5.74, 6) is -2.31. The normalized spacial score (nSPS) is 13.2. The summed E-state index contributed by atoms with van der Waals surface area (Å²) in [5, 5.41) is 2.75. The Morgan fingerprint density at radius 2 is 1.76 bits per heavy atom. The number of nitrogens with zero attached hydrogens (tertiary/aromatic N) is 1. The van der Waals surface area contributed by atoms with E-state index in [1.54, 1.807) is 0 Å². The Morgan fingerprint density at radius 1 is 1.08 bits per heavy atom. The highest BCUT2D eigenvalue weighted by Crippen LogP contribution is 2.25. The Balaban J connectivity index is 1.66. The zero-order valence-corrected chi connectivity index (χ0v) is 13.9. The highest BCUT2D eigenvalue weighted by molar-refractivity contribution is 6.21. The summed E-state index contributed by atoms with van der Waals surface area (Å²) in [6.45, 7) is 3.76. The molecule has 0 saturated heterocycles. The van der Waals surface area contributed by atoms with Crippen LogP contribution >= 0.6 is 0 Å². The summed E-state index contributed by atoms with van der Waals surface area (Å²) in [4.78, 5) is 37.5. The second kappa shape index (κ2) is 6.47. The maximum atomic E-state index is 13.8. The monoisotopic (exact) mass is 340 g/mol. The van der Waals surface area contributed by atoms with Gasteiger partial charge >= 0.3 is 0 Å². The van der Waals surface area contributed by atoms with Crippen LogP contribution in [0.15, 0.2) is 36.4 Å². The van der Waals surface area contributed by atoms with Crippen LogP contribution in [-0.4, -0.2) is 29.2 Å². The van der Waals surface area contributed by atoms with Crippen LogP contribution in [0.25, 0.3) is 0 Å². The molecule has 0 atom stereocenters. The number of halogens is 1. The molecule has 3 rings (SSSR count). The molecule has 25 heavy (non-hydrogen) atoms. The fraction of sp³-hybridized carbons (Fsp3) is 0.211. The van der Waals surface area contributed by atoms with Crippen molar-refractivity contribution in [3.05, 3.63) is 64.5 Å². The molecule has 1 N–H and O–H groups in total. The van der Waals surface area contributed by atoms with Gasteiger partial charge in [-0.05, 0) is 49.2 Å². The lowest BCUT2D eigenvalue weighted by Crippen LogP contribution is -2.33. The number of rotatable bonds is 4. The molecule has 1 heterocycles. The molecule has 128 valence electrons. The van der Waals surface area contributed by atoms with Gasteiger partial charge in [0.1, 0.15) is 5.82 Å². The average molecular weight is 340 g/mol. The number of benzene rings is 2. The van der Waals surface area contributed by atoms with Crippen LogP contribution in [0.4, 0.5) is 10.1 Å². The van der Waals surface area contributed by atoms with Crippen LogP contribution in [0.3, 0.4) is 0 Å². The van der Waals surface area contributed by atoms with E-state index < -0.39 is 17.6 Å². The Labute approximate surface area is 144 Å². The number of amides is 3. The minimum atomic E-state index is -0.724. The van der Waals surface area contributed by atoms with E-state index in [1.807, 2.05) is 32.0 Å². The van der Waals surface area contributed by atoms with E-state index in [0.717, 1.165) is 22.1 Å². The summed E-state index contributed by atoms with van der Waals surface area (Å²) < 4.78 is 13.8. The summed E-state index contributed by atoms with van der Waals surface area (Å²) in [7, 11) is 0. The molecule has 5 nitrogen and oxygen atoms in total. The van der Waals surface area contributed by atoms with Crippen molar-refractivity contribution in [1.82, 2.24) is 4.90 Å². The zero-order chi connectivity index (χ0) is 18.1. The van der Waals surface area contributed by atoms with Crippen molar-refractivity contribution >= 4 is 23.4 Å². The smallest absolute Gasteiger partial charge is 0.264 e. The van der Waals surface area contributed by atoms with Gasteiger partial charge in [0, 0.05) is 18.7 Å². The topological polar surface area (TPSA) is 66.5 Å². The quantitative estimate of drug-likeness (QED) is 0.870. The number of hydrogen-bond donors (Lipinski definition) is 1. The molecular formula is C19H17FN2O3. The zero-order valence-electron chi connectivity index (χ0n) is 13.9. The van der Waals surface area contributed by atoms with E-state index in [9.17, 15) is 18.8 Å². The molecule has 2 aromatic carbocycles. The van der Waals surface area contributed by atoms with Gasteiger partial charge in [0.25, 0.3) is 11.8 Å². The number of fused-ring (bicyclic) bond motifs is 1. The predicted octanol–water partition coefficient (Wildman–Crippen LogP) is 3.07. The lowest BCUT2D eigenvalue weighted by atomic mass is 10.1. The fourth-order valence-corrected chi connectivity index (χ4v) is 2.98. The molecule has 1 aliphatic heterocycles. The molecule has 0 aromatic heterocycles. The van der Waals surface area contributed by atoms with Gasteiger partial charge in [-0.15, -0.1) is 0 Å². The molecule has 1 aliphatic rings. The van der Waals surface area contributed by atoms with Gasteiger partial charge in [0.05, 0.1) is 11.1 Å². The molecule has 0 aliphatic carbocycles. The van der Waals surface area contributed by atoms with Crippen LogP contribution in [0.2, 0.25) is 0 Å². The molecule has 2 aromatic rings. The van der Waals surface area contributed by atoms with Gasteiger partial charge in [-0.2, -0.15) is 0 Å². The second-order valence-corrected chi connectivity index (χ2v) is 6.10. The number of carbonyl (C=O) groups excluding carboxylic acids is 3. The molecule has 0 saturated carbocycles. The number of carbonyl (C=O) groups is 3. The molecular weight excluding hydrogens is 323 g/mol. The highest BCUT2D eigenvalue weighted by atomic mass is 19.1. The van der Waals surface area contributed by atoms with Crippen LogP contribution in [0.5, 0.6) is 0 Å². The van der Waals surface area contributed by atoms with Crippen molar-refractivity contribution < 1.29 is 18.8 Å². The van der Waals surface area contributed by atoms with Crippen molar-refractivity contribution in [1.29, 1.82) is 0 Å². The number of hydrogen-bond acceptors (Lipinski definition) is 3. The maximum absolute atomic E-state index is 13.8. The summed E-state index contributed by atoms with van der Waals surface area (Å²) in [5.41, 5.74) is 2.52. The number of imide groups is 1. The number of aryl methyl sites for hydroxylation is 2. The minimum absolute atomic E-state index is 0.0414. The minimum Gasteiger partial charge on any atom is -0.326 e. The molecule has 6 heteroatoms. The van der Waals surface area contributed by atoms with Gasteiger partial charge < -0.3 is 5.32 Å². The lowest BCUT2D eigenvalue weighted by Gasteiger charge is -2.14. The van der Waals surface area contributed by atoms with Crippen molar-refractivity contribution in [3.8, 4) is 0 Å². The molecule has 3 amide bonds. The van der Waals surface area contributed by atoms with Gasteiger partial charge in [-0.1, -0.05) is 12.1 Å². The van der Waals surface area contributed by atoms with Gasteiger partial charge in [0.2, 0.25) is 5.91 Å². The summed E-state index contributed by atoms with van der Waals surface area (Å²) >= 11 is 0. The Bertz CT molecular complexity index is 872. The van der Waals surface area contributed by atoms with E-state index in [2.05, 4.69) is 5.32 Å². The van der Waals surface area contributed by atoms with E-state index in [0.29, 0.717) is 5.69 Å². The highest BCUT2D eigenvalue weighted by Gasteiger charge is 2.37. The average Bonchev–Trinajstić information content (AvgIpc) is 2.77. The molecule has 0 spiro atoms. The van der Waals surface area contributed by atoms with Crippen LogP contribution in [0.1, 0.15) is 38.3 Å². The van der Waals surface area contributed by atoms with Gasteiger partial charge in [-0.25, -0.2) is 4.39 Å². The summed E-state index contributed by atoms with van der Waals surface area (Å²) in [6, 6.07) is 9.59. The second-order valence-electron chi connectivity index (χ2n) is 6.10. The maximum Gasteiger partial charge on any atom is 0.264 e. The molecule has 0 fully saturated rings. The lowest BCUT2D eigenvalue weighted by molar-refractivity contribution is -0.116. The largest absolute Gasteiger partial charge is 0.326 e. The van der Waals surface area contributed by atoms with E-state index >= 15 is 0 Å². The standard InChI is InChI=1S/C19H17FN2O3/c1-11-8-12(2)10-13(9-11)21-16(23)6-7-22-18(24)14-4-3-5-15(20)17(14)19(22)25/h3-5,8-10H,6-7H2,1-2H3,(H,21,23). The van der Waals surface area contributed by atoms with Crippen LogP contribution in [-0.2, 0) is 4.79 Å². The van der Waals surface area contributed by atoms with E-state index in [-0.39, 0.29) is 30.0 Å². The molecule has 0 unspecified atom stereocenters. The first-order valence-electron chi connectivity index (χ1n) is 7.89. The number of nitrogens with one attached hydrogen (secondary N) is 1. The van der Waals surface area contributed by atoms with Crippen molar-refractivity contribution in [3.63, 3.8) is 0 Å². The van der Waals surface area contributed by atoms with Crippen LogP contribution in [0, 0.1) is 19.7 Å². The van der Waals surface area contributed by atoms with Crippen LogP contribution < -0.4 is 5.32 Å². The Kier molecular flexibility index (Phi) is 4.35.